The fourth-order valence-corrected chi connectivity index (χ4v) is 5.95. The van der Waals surface area contributed by atoms with E-state index in [4.69, 9.17) is 0 Å². The summed E-state index contributed by atoms with van der Waals surface area (Å²) >= 11 is 0. The van der Waals surface area contributed by atoms with Gasteiger partial charge in [0.05, 0.1) is 0 Å². The van der Waals surface area contributed by atoms with Crippen molar-refractivity contribution in [1.29, 1.82) is 0 Å². The van der Waals surface area contributed by atoms with Crippen molar-refractivity contribution < 1.29 is 33.9 Å². The summed E-state index contributed by atoms with van der Waals surface area (Å²) in [4.78, 5) is 75.4. The monoisotopic (exact) mass is 685 g/mol. The zero-order valence-electron chi connectivity index (χ0n) is 29.4. The predicted molar refractivity (Wildman–Crippen MR) is 188 cm³/mol. The minimum absolute atomic E-state index is 0.00680. The number of nitrogens with one attached hydrogen (secondary N) is 4. The molecule has 0 spiro atoms. The van der Waals surface area contributed by atoms with Crippen LogP contribution in [-0.2, 0) is 35.2 Å². The van der Waals surface area contributed by atoms with Crippen molar-refractivity contribution in [3.63, 3.8) is 0 Å². The lowest BCUT2D eigenvalue weighted by atomic mass is 10.1. The van der Waals surface area contributed by atoms with Gasteiger partial charge in [-0.15, -0.1) is 0 Å². The molecule has 0 aliphatic carbocycles. The Kier molecular flexibility index (Phi) is 21.1. The minimum atomic E-state index is -1.15. The number of carbonyl (C=O) groups is 6. The Morgan fingerprint density at radius 1 is 0.714 bits per heavy atom. The lowest BCUT2D eigenvalue weighted by Crippen LogP contribution is -2.51. The van der Waals surface area contributed by atoms with Crippen molar-refractivity contribution in [2.24, 2.45) is 0 Å². The molecule has 2 rings (SSSR count). The molecule has 1 heterocycles. The van der Waals surface area contributed by atoms with Crippen LogP contribution in [0, 0.1) is 0 Å². The summed E-state index contributed by atoms with van der Waals surface area (Å²) in [7, 11) is 0. The van der Waals surface area contributed by atoms with Gasteiger partial charge in [0, 0.05) is 58.3 Å². The van der Waals surface area contributed by atoms with E-state index in [0.717, 1.165) is 24.8 Å². The molecule has 0 saturated carbocycles. The first kappa shape index (κ1) is 41.2. The number of carboxylic acid groups (broad SMARTS) is 1. The maximum Gasteiger partial charge on any atom is 0.326 e. The van der Waals surface area contributed by atoms with Crippen molar-refractivity contribution in [3.05, 3.63) is 35.9 Å². The molecule has 0 bridgehead atoms. The summed E-state index contributed by atoms with van der Waals surface area (Å²) in [6.45, 7) is 3.07. The van der Waals surface area contributed by atoms with E-state index in [1.807, 2.05) is 6.07 Å². The van der Waals surface area contributed by atoms with E-state index in [9.17, 15) is 33.9 Å². The highest BCUT2D eigenvalue weighted by molar-refractivity contribution is 5.91. The van der Waals surface area contributed by atoms with Gasteiger partial charge >= 0.3 is 5.97 Å². The third kappa shape index (κ3) is 18.4. The number of nitrogens with zero attached hydrogens (tertiary/aromatic N) is 1. The van der Waals surface area contributed by atoms with E-state index in [2.05, 4.69) is 28.2 Å². The number of rotatable bonds is 26. The minimum Gasteiger partial charge on any atom is -0.480 e. The van der Waals surface area contributed by atoms with Crippen LogP contribution in [0.25, 0.3) is 0 Å². The lowest BCUT2D eigenvalue weighted by Gasteiger charge is -2.25. The first-order valence-electron chi connectivity index (χ1n) is 18.4. The highest BCUT2D eigenvalue weighted by atomic mass is 16.4. The normalized spacial score (nSPS) is 14.6. The van der Waals surface area contributed by atoms with Gasteiger partial charge in [-0.2, -0.15) is 0 Å². The van der Waals surface area contributed by atoms with Crippen LogP contribution in [0.1, 0.15) is 122 Å². The van der Waals surface area contributed by atoms with E-state index < -0.39 is 24.0 Å². The largest absolute Gasteiger partial charge is 0.480 e. The van der Waals surface area contributed by atoms with Crippen molar-refractivity contribution in [2.75, 3.05) is 26.2 Å². The van der Waals surface area contributed by atoms with Gasteiger partial charge in [0.25, 0.3) is 0 Å². The van der Waals surface area contributed by atoms with Gasteiger partial charge in [-0.05, 0) is 24.8 Å². The van der Waals surface area contributed by atoms with Crippen LogP contribution in [0.15, 0.2) is 30.3 Å². The van der Waals surface area contributed by atoms with Crippen LogP contribution in [-0.4, -0.2) is 83.8 Å². The molecule has 49 heavy (non-hydrogen) atoms. The first-order valence-corrected chi connectivity index (χ1v) is 18.4. The van der Waals surface area contributed by atoms with Crippen molar-refractivity contribution in [3.8, 4) is 0 Å². The van der Waals surface area contributed by atoms with Crippen LogP contribution in [0.2, 0.25) is 0 Å². The van der Waals surface area contributed by atoms with Gasteiger partial charge in [0.15, 0.2) is 0 Å². The van der Waals surface area contributed by atoms with Crippen molar-refractivity contribution in [1.82, 2.24) is 26.2 Å². The van der Waals surface area contributed by atoms with E-state index in [1.54, 1.807) is 24.3 Å². The third-order valence-corrected chi connectivity index (χ3v) is 8.79. The summed E-state index contributed by atoms with van der Waals surface area (Å²) in [6, 6.07) is 7.13. The second kappa shape index (κ2) is 25.1. The molecule has 5 amide bonds. The highest BCUT2D eigenvalue weighted by Gasteiger charge is 2.35. The molecule has 2 atom stereocenters. The number of likely N-dealkylation sites (tertiary alicyclic amines) is 1. The number of carboxylic acids is 1. The number of carbonyl (C=O) groups excluding carboxylic acids is 5. The summed E-state index contributed by atoms with van der Waals surface area (Å²) in [6.07, 6.45) is 15.3. The Morgan fingerprint density at radius 2 is 1.22 bits per heavy atom. The molecule has 1 aromatic carbocycles. The number of aliphatic carboxylic acids is 1. The molecule has 12 heteroatoms. The number of hydrogen-bond donors (Lipinski definition) is 5. The smallest absolute Gasteiger partial charge is 0.326 e. The molecule has 1 aromatic rings. The number of amides is 5. The highest BCUT2D eigenvalue weighted by Crippen LogP contribution is 2.19. The topological polar surface area (TPSA) is 174 Å². The Hall–Kier alpha value is -3.96. The second-order valence-corrected chi connectivity index (χ2v) is 12.9. The molecule has 1 aliphatic rings. The quantitative estimate of drug-likeness (QED) is 0.0917. The molecule has 5 N–H and O–H groups in total. The van der Waals surface area contributed by atoms with Gasteiger partial charge in [-0.25, -0.2) is 4.79 Å². The summed E-state index contributed by atoms with van der Waals surface area (Å²) in [5, 5.41) is 20.3. The van der Waals surface area contributed by atoms with Gasteiger partial charge in [-0.1, -0.05) is 101 Å². The van der Waals surface area contributed by atoms with Gasteiger partial charge in [0.2, 0.25) is 29.5 Å². The van der Waals surface area contributed by atoms with E-state index in [0.29, 0.717) is 25.8 Å². The molecule has 0 radical (unpaired) electrons. The van der Waals surface area contributed by atoms with E-state index in [-0.39, 0.29) is 68.9 Å². The summed E-state index contributed by atoms with van der Waals surface area (Å²) in [5.41, 5.74) is 0.776. The van der Waals surface area contributed by atoms with Crippen molar-refractivity contribution in [2.45, 2.75) is 135 Å². The number of unbranched alkanes of at least 4 members (excludes halogenated alkanes) is 10. The Bertz CT molecular complexity index is 1160. The van der Waals surface area contributed by atoms with Crippen LogP contribution in [0.5, 0.6) is 0 Å². The molecule has 12 nitrogen and oxygen atoms in total. The summed E-state index contributed by atoms with van der Waals surface area (Å²) < 4.78 is 0. The molecule has 1 aliphatic heterocycles. The Labute approximate surface area is 291 Å². The zero-order chi connectivity index (χ0) is 35.7. The maximum absolute atomic E-state index is 12.9. The van der Waals surface area contributed by atoms with Crippen LogP contribution < -0.4 is 21.3 Å². The SMILES string of the molecule is CCCCCCCCCCCCCC(=O)NCCC(=O)NCCC(=O)NCCC(=O)N1CCC[C@H]1C(=O)N[C@@H](Cc1ccccc1)C(=O)O. The average Bonchev–Trinajstić information content (AvgIpc) is 3.58. The third-order valence-electron chi connectivity index (χ3n) is 8.79. The van der Waals surface area contributed by atoms with Crippen LogP contribution in [0.4, 0.5) is 0 Å². The Balaban J connectivity index is 1.51. The molecule has 0 aromatic heterocycles. The predicted octanol–water partition coefficient (Wildman–Crippen LogP) is 4.01. The van der Waals surface area contributed by atoms with Crippen molar-refractivity contribution >= 4 is 35.5 Å². The molecule has 0 unspecified atom stereocenters. The number of benzene rings is 1. The van der Waals surface area contributed by atoms with Gasteiger partial charge in [-0.3, -0.25) is 24.0 Å². The molecular weight excluding hydrogens is 626 g/mol. The fraction of sp³-hybridized carbons (Fsp3) is 0.676. The molecule has 274 valence electrons. The number of hydrogen-bond acceptors (Lipinski definition) is 6. The fourth-order valence-electron chi connectivity index (χ4n) is 5.95. The second-order valence-electron chi connectivity index (χ2n) is 12.9. The average molecular weight is 686 g/mol. The van der Waals surface area contributed by atoms with Crippen LogP contribution >= 0.6 is 0 Å². The maximum atomic E-state index is 12.9. The zero-order valence-corrected chi connectivity index (χ0v) is 29.4. The van der Waals surface area contributed by atoms with Crippen LogP contribution in [0.3, 0.4) is 0 Å². The van der Waals surface area contributed by atoms with Gasteiger partial charge in [0.1, 0.15) is 12.1 Å². The molecule has 1 fully saturated rings. The summed E-state index contributed by atoms with van der Waals surface area (Å²) in [5.74, 6) is -2.58. The molecule has 1 saturated heterocycles. The van der Waals surface area contributed by atoms with E-state index in [1.165, 1.54) is 56.3 Å². The molecular formula is C37H59N5O7. The standard InChI is InChI=1S/C37H59N5O7/c1-2-3-4-5-6-7-8-9-10-11-15-20-32(43)38-24-21-33(44)39-25-22-34(45)40-26-23-35(46)42-27-16-19-31(42)36(47)41-30(37(48)49)28-29-17-13-12-14-18-29/h12-14,17-18,30-31H,2-11,15-16,19-28H2,1H3,(H,38,43)(H,39,44)(H,40,45)(H,41,47)(H,48,49)/t30-,31-/m0/s1. The Morgan fingerprint density at radius 3 is 1.78 bits per heavy atom. The van der Waals surface area contributed by atoms with Gasteiger partial charge < -0.3 is 31.3 Å². The lowest BCUT2D eigenvalue weighted by molar-refractivity contribution is -0.143. The first-order chi connectivity index (χ1) is 23.7. The van der Waals surface area contributed by atoms with E-state index >= 15 is 0 Å².